The third kappa shape index (κ3) is 2.51. The van der Waals surface area contributed by atoms with Gasteiger partial charge < -0.3 is 0 Å². The van der Waals surface area contributed by atoms with Crippen LogP contribution < -0.4 is 5.19 Å². The summed E-state index contributed by atoms with van der Waals surface area (Å²) in [5.74, 6) is 0.623. The topological polar surface area (TPSA) is 0 Å². The lowest BCUT2D eigenvalue weighted by atomic mass is 10.0. The van der Waals surface area contributed by atoms with Gasteiger partial charge >= 0.3 is 0 Å². The van der Waals surface area contributed by atoms with E-state index in [2.05, 4.69) is 58.0 Å². The minimum absolute atomic E-state index is 0.623. The second kappa shape index (κ2) is 5.70. The molecule has 18 heavy (non-hydrogen) atoms. The van der Waals surface area contributed by atoms with Crippen LogP contribution in [0.2, 0.25) is 0 Å². The van der Waals surface area contributed by atoms with Gasteiger partial charge in [-0.3, -0.25) is 0 Å². The standard InChI is InChI=1S/C17H22Si/c1-5-14-8-7-9-16(15(14)6-2)18-17-12(3)10-11-13(17)4/h7-12H,5-6H2,1-4H3. The number of rotatable bonds is 4. The average molecular weight is 254 g/mol. The van der Waals surface area contributed by atoms with Gasteiger partial charge in [-0.2, -0.15) is 0 Å². The molecule has 0 fully saturated rings. The van der Waals surface area contributed by atoms with Crippen LogP contribution in [-0.4, -0.2) is 9.52 Å². The second-order valence-corrected chi connectivity index (χ2v) is 6.35. The molecule has 0 aliphatic heterocycles. The molecule has 2 rings (SSSR count). The van der Waals surface area contributed by atoms with Crippen LogP contribution >= 0.6 is 0 Å². The maximum absolute atomic E-state index is 2.33. The van der Waals surface area contributed by atoms with Crippen molar-refractivity contribution in [3.05, 3.63) is 52.2 Å². The molecule has 94 valence electrons. The van der Waals surface area contributed by atoms with Crippen molar-refractivity contribution in [3.63, 3.8) is 0 Å². The van der Waals surface area contributed by atoms with Gasteiger partial charge in [-0.1, -0.05) is 67.1 Å². The summed E-state index contributed by atoms with van der Waals surface area (Å²) in [6.45, 7) is 9.09. The molecule has 0 spiro atoms. The lowest BCUT2D eigenvalue weighted by Crippen LogP contribution is -2.24. The highest BCUT2D eigenvalue weighted by Crippen LogP contribution is 2.24. The number of aryl methyl sites for hydroxylation is 1. The fraction of sp³-hybridized carbons (Fsp3) is 0.412. The van der Waals surface area contributed by atoms with E-state index in [0.717, 1.165) is 22.4 Å². The molecule has 1 atom stereocenters. The Balaban J connectivity index is 2.33. The molecule has 0 nitrogen and oxygen atoms in total. The molecule has 0 saturated carbocycles. The van der Waals surface area contributed by atoms with Gasteiger partial charge in [-0.05, 0) is 36.8 Å². The van der Waals surface area contributed by atoms with Crippen LogP contribution in [-0.2, 0) is 12.8 Å². The first-order valence-electron chi connectivity index (χ1n) is 6.94. The summed E-state index contributed by atoms with van der Waals surface area (Å²) in [6, 6.07) is 6.83. The van der Waals surface area contributed by atoms with E-state index < -0.39 is 0 Å². The summed E-state index contributed by atoms with van der Waals surface area (Å²) in [7, 11) is 0.841. The highest BCUT2D eigenvalue weighted by atomic mass is 28.2. The van der Waals surface area contributed by atoms with E-state index in [9.17, 15) is 0 Å². The predicted molar refractivity (Wildman–Crippen MR) is 81.6 cm³/mol. The molecule has 2 radical (unpaired) electrons. The molecule has 1 unspecified atom stereocenters. The van der Waals surface area contributed by atoms with Crippen molar-refractivity contribution in [1.82, 2.24) is 0 Å². The smallest absolute Gasteiger partial charge is 0.0778 e. The first-order valence-corrected chi connectivity index (χ1v) is 7.94. The lowest BCUT2D eigenvalue weighted by Gasteiger charge is -2.15. The van der Waals surface area contributed by atoms with E-state index in [4.69, 9.17) is 0 Å². The molecule has 1 heteroatoms. The van der Waals surface area contributed by atoms with E-state index in [-0.39, 0.29) is 0 Å². The monoisotopic (exact) mass is 254 g/mol. The van der Waals surface area contributed by atoms with Gasteiger partial charge in [-0.25, -0.2) is 0 Å². The molecule has 1 aromatic carbocycles. The molecular weight excluding hydrogens is 232 g/mol. The van der Waals surface area contributed by atoms with Crippen molar-refractivity contribution < 1.29 is 0 Å². The fourth-order valence-corrected chi connectivity index (χ4v) is 4.25. The number of allylic oxidation sites excluding steroid dienone is 4. The zero-order valence-electron chi connectivity index (χ0n) is 11.9. The number of benzene rings is 1. The van der Waals surface area contributed by atoms with Crippen LogP contribution in [0.1, 0.15) is 38.8 Å². The van der Waals surface area contributed by atoms with Gasteiger partial charge in [0, 0.05) is 0 Å². The van der Waals surface area contributed by atoms with E-state index in [0.29, 0.717) is 5.92 Å². The normalized spacial score (nSPS) is 18.8. The minimum Gasteiger partial charge on any atom is -0.0778 e. The highest BCUT2D eigenvalue weighted by Gasteiger charge is 2.17. The van der Waals surface area contributed by atoms with Gasteiger partial charge in [-0.15, -0.1) is 0 Å². The van der Waals surface area contributed by atoms with Gasteiger partial charge in [0.15, 0.2) is 0 Å². The first-order chi connectivity index (χ1) is 8.67. The van der Waals surface area contributed by atoms with E-state index in [1.807, 2.05) is 0 Å². The minimum atomic E-state index is 0.623. The molecule has 1 aromatic rings. The first kappa shape index (κ1) is 13.4. The molecule has 0 saturated heterocycles. The maximum atomic E-state index is 2.33. The largest absolute Gasteiger partial charge is 0.117 e. The van der Waals surface area contributed by atoms with Gasteiger partial charge in [0.1, 0.15) is 9.52 Å². The molecule has 0 amide bonds. The number of hydrogen-bond donors (Lipinski definition) is 0. The number of hydrogen-bond acceptors (Lipinski definition) is 0. The van der Waals surface area contributed by atoms with Crippen molar-refractivity contribution >= 4 is 14.7 Å². The third-order valence-corrected chi connectivity index (χ3v) is 5.65. The summed E-state index contributed by atoms with van der Waals surface area (Å²) in [6.07, 6.45) is 6.91. The summed E-state index contributed by atoms with van der Waals surface area (Å²) in [5.41, 5.74) is 4.59. The van der Waals surface area contributed by atoms with E-state index in [1.54, 1.807) is 15.9 Å². The summed E-state index contributed by atoms with van der Waals surface area (Å²) in [5, 5.41) is 3.18. The SMILES string of the molecule is CCc1cccc([Si]C2=C(C)C=CC2C)c1CC. The molecule has 1 aliphatic rings. The van der Waals surface area contributed by atoms with Crippen molar-refractivity contribution in [1.29, 1.82) is 0 Å². The maximum Gasteiger partial charge on any atom is 0.117 e. The molecular formula is C17H22Si. The molecule has 0 aromatic heterocycles. The summed E-state index contributed by atoms with van der Waals surface area (Å²) < 4.78 is 0. The Morgan fingerprint density at radius 3 is 2.50 bits per heavy atom. The van der Waals surface area contributed by atoms with Crippen LogP contribution in [0.4, 0.5) is 0 Å². The second-order valence-electron chi connectivity index (χ2n) is 5.02. The third-order valence-electron chi connectivity index (χ3n) is 3.79. The zero-order valence-corrected chi connectivity index (χ0v) is 12.9. The Hall–Kier alpha value is -1.08. The van der Waals surface area contributed by atoms with Crippen molar-refractivity contribution in [2.45, 2.75) is 40.5 Å². The van der Waals surface area contributed by atoms with Gasteiger partial charge in [0.05, 0.1) is 0 Å². The van der Waals surface area contributed by atoms with Crippen LogP contribution in [0.15, 0.2) is 41.1 Å². The Kier molecular flexibility index (Phi) is 4.23. The summed E-state index contributed by atoms with van der Waals surface area (Å²) in [4.78, 5) is 0. The van der Waals surface area contributed by atoms with Crippen LogP contribution in [0, 0.1) is 5.92 Å². The molecule has 0 N–H and O–H groups in total. The van der Waals surface area contributed by atoms with Crippen molar-refractivity contribution in [2.75, 3.05) is 0 Å². The Bertz CT molecular complexity index is 494. The van der Waals surface area contributed by atoms with Gasteiger partial charge in [0.25, 0.3) is 0 Å². The Morgan fingerprint density at radius 2 is 1.94 bits per heavy atom. The van der Waals surface area contributed by atoms with Crippen molar-refractivity contribution in [3.8, 4) is 0 Å². The molecule has 1 aliphatic carbocycles. The van der Waals surface area contributed by atoms with E-state index in [1.165, 1.54) is 11.1 Å². The molecule has 0 bridgehead atoms. The van der Waals surface area contributed by atoms with E-state index >= 15 is 0 Å². The quantitative estimate of drug-likeness (QED) is 0.720. The highest BCUT2D eigenvalue weighted by molar-refractivity contribution is 6.62. The van der Waals surface area contributed by atoms with Crippen LogP contribution in [0.5, 0.6) is 0 Å². The predicted octanol–water partition coefficient (Wildman–Crippen LogP) is 3.62. The van der Waals surface area contributed by atoms with Crippen LogP contribution in [0.25, 0.3) is 0 Å². The molecule has 0 heterocycles. The summed E-state index contributed by atoms with van der Waals surface area (Å²) >= 11 is 0. The zero-order chi connectivity index (χ0) is 13.1. The van der Waals surface area contributed by atoms with Crippen LogP contribution in [0.3, 0.4) is 0 Å². The fourth-order valence-electron chi connectivity index (χ4n) is 2.69. The Morgan fingerprint density at radius 1 is 1.17 bits per heavy atom. The van der Waals surface area contributed by atoms with Gasteiger partial charge in [0.2, 0.25) is 0 Å². The van der Waals surface area contributed by atoms with Crippen molar-refractivity contribution in [2.24, 2.45) is 5.92 Å². The Labute approximate surface area is 114 Å². The average Bonchev–Trinajstić information content (AvgIpc) is 2.70. The lowest BCUT2D eigenvalue weighted by molar-refractivity contribution is 0.929.